The zero-order valence-corrected chi connectivity index (χ0v) is 12.3. The lowest BCUT2D eigenvalue weighted by atomic mass is 10.2. The van der Waals surface area contributed by atoms with Gasteiger partial charge < -0.3 is 20.3 Å². The Kier molecular flexibility index (Phi) is 4.89. The first-order chi connectivity index (χ1) is 10.0. The van der Waals surface area contributed by atoms with Gasteiger partial charge in [0.1, 0.15) is 10.7 Å². The Labute approximate surface area is 127 Å². The van der Waals surface area contributed by atoms with Gasteiger partial charge in [-0.15, -0.1) is 0 Å². The summed E-state index contributed by atoms with van der Waals surface area (Å²) in [5, 5.41) is 6.41. The van der Waals surface area contributed by atoms with Crippen LogP contribution in [0.4, 0.5) is 0 Å². The van der Waals surface area contributed by atoms with Crippen LogP contribution >= 0.6 is 12.2 Å². The lowest BCUT2D eigenvalue weighted by Crippen LogP contribution is -2.28. The fourth-order valence-corrected chi connectivity index (χ4v) is 1.74. The molecular formula is C14H15N3O3S. The number of nitrogens with one attached hydrogen (secondary N) is 1. The zero-order chi connectivity index (χ0) is 15.2. The summed E-state index contributed by atoms with van der Waals surface area (Å²) in [5.74, 6) is 0.921. The largest absolute Gasteiger partial charge is 0.484 e. The predicted molar refractivity (Wildman–Crippen MR) is 80.9 cm³/mol. The second-order valence-electron chi connectivity index (χ2n) is 4.39. The number of nitrogens with zero attached hydrogens (tertiary/aromatic N) is 1. The van der Waals surface area contributed by atoms with Gasteiger partial charge in [-0.3, -0.25) is 4.79 Å². The summed E-state index contributed by atoms with van der Waals surface area (Å²) in [4.78, 5) is 12.0. The molecule has 2 aromatic rings. The quantitative estimate of drug-likeness (QED) is 0.782. The van der Waals surface area contributed by atoms with Crippen LogP contribution in [-0.2, 0) is 11.3 Å². The number of aromatic nitrogens is 1. The van der Waals surface area contributed by atoms with Crippen molar-refractivity contribution in [2.75, 3.05) is 6.61 Å². The van der Waals surface area contributed by atoms with Gasteiger partial charge in [0.2, 0.25) is 0 Å². The summed E-state index contributed by atoms with van der Waals surface area (Å²) in [5.41, 5.74) is 7.02. The van der Waals surface area contributed by atoms with Gasteiger partial charge in [-0.05, 0) is 31.2 Å². The summed E-state index contributed by atoms with van der Waals surface area (Å²) in [6, 6.07) is 8.67. The van der Waals surface area contributed by atoms with Gasteiger partial charge in [-0.25, -0.2) is 0 Å². The van der Waals surface area contributed by atoms with Crippen LogP contribution in [0.25, 0.3) is 0 Å². The lowest BCUT2D eigenvalue weighted by molar-refractivity contribution is -0.123. The summed E-state index contributed by atoms with van der Waals surface area (Å²) >= 11 is 4.85. The standard InChI is InChI=1S/C14H15N3O3S/c1-9-6-12(20-17-9)7-16-13(18)8-19-11-4-2-10(3-5-11)14(15)21/h2-6H,7-8H2,1H3,(H2,15,21)(H,16,18). The van der Waals surface area contributed by atoms with Crippen LogP contribution < -0.4 is 15.8 Å². The van der Waals surface area contributed by atoms with Gasteiger partial charge in [0.25, 0.3) is 5.91 Å². The van der Waals surface area contributed by atoms with E-state index in [1.807, 2.05) is 6.92 Å². The van der Waals surface area contributed by atoms with Gasteiger partial charge in [-0.2, -0.15) is 0 Å². The van der Waals surface area contributed by atoms with Crippen molar-refractivity contribution in [3.05, 3.63) is 47.3 Å². The number of carbonyl (C=O) groups is 1. The minimum absolute atomic E-state index is 0.0838. The smallest absolute Gasteiger partial charge is 0.258 e. The minimum atomic E-state index is -0.248. The number of ether oxygens (including phenoxy) is 1. The van der Waals surface area contributed by atoms with E-state index >= 15 is 0 Å². The Morgan fingerprint density at radius 3 is 2.71 bits per heavy atom. The van der Waals surface area contributed by atoms with Crippen LogP contribution in [0.2, 0.25) is 0 Å². The fourth-order valence-electron chi connectivity index (χ4n) is 1.60. The van der Waals surface area contributed by atoms with Crippen molar-refractivity contribution in [3.8, 4) is 5.75 Å². The van der Waals surface area contributed by atoms with E-state index in [0.717, 1.165) is 11.3 Å². The molecule has 0 aliphatic carbocycles. The molecule has 0 atom stereocenters. The number of hydrogen-bond acceptors (Lipinski definition) is 5. The molecule has 1 aromatic carbocycles. The Morgan fingerprint density at radius 1 is 1.43 bits per heavy atom. The fraction of sp³-hybridized carbons (Fsp3) is 0.214. The molecule has 0 unspecified atom stereocenters. The SMILES string of the molecule is Cc1cc(CNC(=O)COc2ccc(C(N)=S)cc2)on1. The van der Waals surface area contributed by atoms with E-state index in [-0.39, 0.29) is 19.1 Å². The summed E-state index contributed by atoms with van der Waals surface area (Å²) < 4.78 is 10.3. The number of aryl methyl sites for hydroxylation is 1. The summed E-state index contributed by atoms with van der Waals surface area (Å²) in [7, 11) is 0. The van der Waals surface area contributed by atoms with E-state index in [9.17, 15) is 4.79 Å². The molecule has 3 N–H and O–H groups in total. The van der Waals surface area contributed by atoms with Gasteiger partial charge >= 0.3 is 0 Å². The third kappa shape index (κ3) is 4.57. The molecule has 0 radical (unpaired) electrons. The molecule has 110 valence electrons. The number of rotatable bonds is 6. The molecular weight excluding hydrogens is 290 g/mol. The summed E-state index contributed by atoms with van der Waals surface area (Å²) in [6.07, 6.45) is 0. The molecule has 21 heavy (non-hydrogen) atoms. The van der Waals surface area contributed by atoms with E-state index in [4.69, 9.17) is 27.2 Å². The van der Waals surface area contributed by atoms with Crippen molar-refractivity contribution in [3.63, 3.8) is 0 Å². The maximum Gasteiger partial charge on any atom is 0.258 e. The molecule has 0 saturated heterocycles. The molecule has 0 fully saturated rings. The first-order valence-corrected chi connectivity index (χ1v) is 6.67. The maximum absolute atomic E-state index is 11.6. The lowest BCUT2D eigenvalue weighted by Gasteiger charge is -2.07. The van der Waals surface area contributed by atoms with Gasteiger partial charge in [0.05, 0.1) is 12.2 Å². The third-order valence-corrected chi connectivity index (χ3v) is 2.88. The molecule has 1 amide bonds. The number of nitrogens with two attached hydrogens (primary N) is 1. The van der Waals surface area contributed by atoms with Crippen LogP contribution in [0.5, 0.6) is 5.75 Å². The molecule has 0 aliphatic rings. The highest BCUT2D eigenvalue weighted by Gasteiger charge is 2.06. The molecule has 0 saturated carbocycles. The number of carbonyl (C=O) groups excluding carboxylic acids is 1. The Bertz CT molecular complexity index is 637. The summed E-state index contributed by atoms with van der Waals surface area (Å²) in [6.45, 7) is 2.01. The molecule has 1 heterocycles. The van der Waals surface area contributed by atoms with Crippen molar-refractivity contribution in [1.29, 1.82) is 0 Å². The van der Waals surface area contributed by atoms with Gasteiger partial charge in [-0.1, -0.05) is 17.4 Å². The second kappa shape index (κ2) is 6.85. The van der Waals surface area contributed by atoms with Crippen molar-refractivity contribution >= 4 is 23.1 Å². The van der Waals surface area contributed by atoms with E-state index < -0.39 is 0 Å². The number of benzene rings is 1. The molecule has 6 nitrogen and oxygen atoms in total. The molecule has 7 heteroatoms. The van der Waals surface area contributed by atoms with Gasteiger partial charge in [0.15, 0.2) is 12.4 Å². The number of hydrogen-bond donors (Lipinski definition) is 2. The van der Waals surface area contributed by atoms with Gasteiger partial charge in [0, 0.05) is 11.6 Å². The predicted octanol–water partition coefficient (Wildman–Crippen LogP) is 1.31. The number of thiocarbonyl (C=S) groups is 1. The van der Waals surface area contributed by atoms with E-state index in [1.165, 1.54) is 0 Å². The Balaban J connectivity index is 1.77. The zero-order valence-electron chi connectivity index (χ0n) is 11.5. The average molecular weight is 305 g/mol. The third-order valence-electron chi connectivity index (χ3n) is 2.65. The minimum Gasteiger partial charge on any atom is -0.484 e. The monoisotopic (exact) mass is 305 g/mol. The normalized spacial score (nSPS) is 10.1. The van der Waals surface area contributed by atoms with E-state index in [2.05, 4.69) is 10.5 Å². The van der Waals surface area contributed by atoms with Crippen LogP contribution in [0.15, 0.2) is 34.9 Å². The maximum atomic E-state index is 11.6. The topological polar surface area (TPSA) is 90.4 Å². The van der Waals surface area contributed by atoms with E-state index in [1.54, 1.807) is 30.3 Å². The molecule has 0 aliphatic heterocycles. The molecule has 0 spiro atoms. The van der Waals surface area contributed by atoms with Crippen molar-refractivity contribution in [2.45, 2.75) is 13.5 Å². The average Bonchev–Trinajstić information content (AvgIpc) is 2.89. The first-order valence-electron chi connectivity index (χ1n) is 6.26. The van der Waals surface area contributed by atoms with E-state index in [0.29, 0.717) is 16.5 Å². The Hall–Kier alpha value is -2.41. The van der Waals surface area contributed by atoms with Crippen molar-refractivity contribution < 1.29 is 14.1 Å². The van der Waals surface area contributed by atoms with Crippen molar-refractivity contribution in [2.24, 2.45) is 5.73 Å². The number of amides is 1. The highest BCUT2D eigenvalue weighted by Crippen LogP contribution is 2.12. The Morgan fingerprint density at radius 2 is 2.14 bits per heavy atom. The highest BCUT2D eigenvalue weighted by molar-refractivity contribution is 7.80. The first kappa shape index (κ1) is 15.0. The second-order valence-corrected chi connectivity index (χ2v) is 4.83. The van der Waals surface area contributed by atoms with Crippen molar-refractivity contribution in [1.82, 2.24) is 10.5 Å². The molecule has 1 aromatic heterocycles. The molecule has 2 rings (SSSR count). The van der Waals surface area contributed by atoms with Crippen LogP contribution in [0.1, 0.15) is 17.0 Å². The van der Waals surface area contributed by atoms with Crippen LogP contribution in [0, 0.1) is 6.92 Å². The van der Waals surface area contributed by atoms with Crippen LogP contribution in [-0.4, -0.2) is 22.7 Å². The van der Waals surface area contributed by atoms with Crippen LogP contribution in [0.3, 0.4) is 0 Å². The molecule has 0 bridgehead atoms. The highest BCUT2D eigenvalue weighted by atomic mass is 32.1.